The molecule has 0 saturated heterocycles. The fraction of sp³-hybridized carbons (Fsp3) is 0.200. The van der Waals surface area contributed by atoms with Gasteiger partial charge >= 0.3 is 5.97 Å². The molecule has 0 saturated carbocycles. The van der Waals surface area contributed by atoms with Crippen LogP contribution in [0.5, 0.6) is 11.5 Å². The first kappa shape index (κ1) is 19.1. The number of primary amides is 1. The number of hydrogen-bond acceptors (Lipinski definition) is 5. The Morgan fingerprint density at radius 1 is 1.08 bits per heavy atom. The molecule has 0 aliphatic heterocycles. The topological polar surface area (TPSA) is 87.9 Å². The predicted octanol–water partition coefficient (Wildman–Crippen LogP) is 2.95. The lowest BCUT2D eigenvalue weighted by atomic mass is 10.1. The van der Waals surface area contributed by atoms with Crippen molar-refractivity contribution in [3.8, 4) is 11.5 Å². The number of esters is 1. The number of hydrogen-bond donors (Lipinski definition) is 1. The molecule has 0 spiro atoms. The lowest BCUT2D eigenvalue weighted by Crippen LogP contribution is -2.15. The molecule has 0 atom stereocenters. The zero-order valence-corrected chi connectivity index (χ0v) is 14.7. The van der Waals surface area contributed by atoms with Crippen LogP contribution in [-0.2, 0) is 16.1 Å². The summed E-state index contributed by atoms with van der Waals surface area (Å²) in [5, 5.41) is 0. The molecule has 26 heavy (non-hydrogen) atoms. The molecule has 0 aliphatic carbocycles. The monoisotopic (exact) mass is 355 g/mol. The number of benzene rings is 2. The summed E-state index contributed by atoms with van der Waals surface area (Å²) in [6.45, 7) is 1.77. The molecule has 0 aliphatic rings. The Hall–Kier alpha value is -3.28. The minimum atomic E-state index is -0.511. The number of amides is 1. The molecule has 0 bridgehead atoms. The average Bonchev–Trinajstić information content (AvgIpc) is 2.65. The van der Waals surface area contributed by atoms with Crippen LogP contribution in [0.15, 0.2) is 48.5 Å². The SMILES string of the molecule is C/C=C\c1ccc(OCC(=O)OCc2ccc(C(N)=O)cc2)c(OC)c1. The molecule has 136 valence electrons. The summed E-state index contributed by atoms with van der Waals surface area (Å²) in [5.74, 6) is -0.0149. The Kier molecular flexibility index (Phi) is 6.79. The third kappa shape index (κ3) is 5.37. The van der Waals surface area contributed by atoms with Crippen LogP contribution in [0.25, 0.3) is 6.08 Å². The zero-order valence-electron chi connectivity index (χ0n) is 14.7. The molecule has 2 rings (SSSR count). The third-order valence-corrected chi connectivity index (χ3v) is 3.53. The number of carbonyl (C=O) groups is 2. The van der Waals surface area contributed by atoms with Crippen LogP contribution in [0.3, 0.4) is 0 Å². The van der Waals surface area contributed by atoms with Gasteiger partial charge in [0.2, 0.25) is 5.91 Å². The minimum absolute atomic E-state index is 0.0819. The van der Waals surface area contributed by atoms with Crippen LogP contribution in [0.4, 0.5) is 0 Å². The fourth-order valence-corrected chi connectivity index (χ4v) is 2.21. The molecule has 0 heterocycles. The molecule has 0 aromatic heterocycles. The van der Waals surface area contributed by atoms with Gasteiger partial charge in [0.1, 0.15) is 6.61 Å². The number of rotatable bonds is 8. The smallest absolute Gasteiger partial charge is 0.344 e. The quantitative estimate of drug-likeness (QED) is 0.736. The minimum Gasteiger partial charge on any atom is -0.493 e. The molecule has 0 unspecified atom stereocenters. The number of nitrogens with two attached hydrogens (primary N) is 1. The first-order valence-electron chi connectivity index (χ1n) is 8.01. The van der Waals surface area contributed by atoms with Gasteiger partial charge in [-0.3, -0.25) is 4.79 Å². The highest BCUT2D eigenvalue weighted by molar-refractivity contribution is 5.92. The summed E-state index contributed by atoms with van der Waals surface area (Å²) in [7, 11) is 1.54. The third-order valence-electron chi connectivity index (χ3n) is 3.53. The number of ether oxygens (including phenoxy) is 3. The molecule has 2 aromatic carbocycles. The van der Waals surface area contributed by atoms with E-state index in [-0.39, 0.29) is 13.2 Å². The van der Waals surface area contributed by atoms with E-state index >= 15 is 0 Å². The summed E-state index contributed by atoms with van der Waals surface area (Å²) < 4.78 is 15.9. The van der Waals surface area contributed by atoms with E-state index in [2.05, 4.69) is 0 Å². The molecule has 2 aromatic rings. The molecule has 1 amide bonds. The Labute approximate surface area is 152 Å². The fourth-order valence-electron chi connectivity index (χ4n) is 2.21. The molecular formula is C20H21NO5. The second kappa shape index (κ2) is 9.27. The highest BCUT2D eigenvalue weighted by Gasteiger charge is 2.09. The van der Waals surface area contributed by atoms with Crippen molar-refractivity contribution in [3.05, 3.63) is 65.2 Å². The molecule has 6 nitrogen and oxygen atoms in total. The van der Waals surface area contributed by atoms with Gasteiger partial charge in [-0.1, -0.05) is 30.4 Å². The summed E-state index contributed by atoms with van der Waals surface area (Å²) in [4.78, 5) is 22.9. The highest BCUT2D eigenvalue weighted by atomic mass is 16.6. The van der Waals surface area contributed by atoms with Crippen LogP contribution >= 0.6 is 0 Å². The summed E-state index contributed by atoms with van der Waals surface area (Å²) in [5.41, 5.74) is 7.29. The molecule has 6 heteroatoms. The molecule has 0 fully saturated rings. The normalized spacial score (nSPS) is 10.5. The van der Waals surface area contributed by atoms with E-state index < -0.39 is 11.9 Å². The Morgan fingerprint density at radius 3 is 2.42 bits per heavy atom. The van der Waals surface area contributed by atoms with E-state index in [0.717, 1.165) is 11.1 Å². The van der Waals surface area contributed by atoms with Crippen LogP contribution in [0.2, 0.25) is 0 Å². The van der Waals surface area contributed by atoms with Crippen molar-refractivity contribution in [2.24, 2.45) is 5.73 Å². The van der Waals surface area contributed by atoms with E-state index in [1.807, 2.05) is 31.2 Å². The number of methoxy groups -OCH3 is 1. The maximum atomic E-state index is 11.9. The van der Waals surface area contributed by atoms with Gasteiger partial charge in [-0.15, -0.1) is 0 Å². The zero-order chi connectivity index (χ0) is 18.9. The van der Waals surface area contributed by atoms with Crippen LogP contribution < -0.4 is 15.2 Å². The largest absolute Gasteiger partial charge is 0.493 e. The van der Waals surface area contributed by atoms with E-state index in [9.17, 15) is 9.59 Å². The summed E-state index contributed by atoms with van der Waals surface area (Å²) in [6.07, 6.45) is 3.85. The van der Waals surface area contributed by atoms with E-state index in [1.165, 1.54) is 7.11 Å². The predicted molar refractivity (Wildman–Crippen MR) is 98.0 cm³/mol. The van der Waals surface area contributed by atoms with Crippen LogP contribution in [0, 0.1) is 0 Å². The van der Waals surface area contributed by atoms with Crippen molar-refractivity contribution in [1.82, 2.24) is 0 Å². The summed E-state index contributed by atoms with van der Waals surface area (Å²) >= 11 is 0. The lowest BCUT2D eigenvalue weighted by Gasteiger charge is -2.11. The Bertz CT molecular complexity index is 796. The van der Waals surface area contributed by atoms with Crippen molar-refractivity contribution >= 4 is 18.0 Å². The Balaban J connectivity index is 1.87. The number of allylic oxidation sites excluding steroid dienone is 1. The van der Waals surface area contributed by atoms with Crippen molar-refractivity contribution in [3.63, 3.8) is 0 Å². The highest BCUT2D eigenvalue weighted by Crippen LogP contribution is 2.28. The van der Waals surface area contributed by atoms with Gasteiger partial charge in [-0.25, -0.2) is 4.79 Å². The average molecular weight is 355 g/mol. The van der Waals surface area contributed by atoms with Crippen LogP contribution in [-0.4, -0.2) is 25.6 Å². The van der Waals surface area contributed by atoms with E-state index in [4.69, 9.17) is 19.9 Å². The maximum Gasteiger partial charge on any atom is 0.344 e. The molecular weight excluding hydrogens is 334 g/mol. The van der Waals surface area contributed by atoms with E-state index in [0.29, 0.717) is 17.1 Å². The van der Waals surface area contributed by atoms with Gasteiger partial charge < -0.3 is 19.9 Å². The maximum absolute atomic E-state index is 11.9. The van der Waals surface area contributed by atoms with Gasteiger partial charge in [0.15, 0.2) is 18.1 Å². The molecule has 2 N–H and O–H groups in total. The van der Waals surface area contributed by atoms with Crippen molar-refractivity contribution < 1.29 is 23.8 Å². The van der Waals surface area contributed by atoms with Crippen molar-refractivity contribution in [2.75, 3.05) is 13.7 Å². The van der Waals surface area contributed by atoms with Gasteiger partial charge in [-0.2, -0.15) is 0 Å². The van der Waals surface area contributed by atoms with Gasteiger partial charge in [0.25, 0.3) is 0 Å². The van der Waals surface area contributed by atoms with Gasteiger partial charge in [0.05, 0.1) is 7.11 Å². The van der Waals surface area contributed by atoms with Crippen LogP contribution in [0.1, 0.15) is 28.4 Å². The first-order chi connectivity index (χ1) is 12.5. The molecule has 0 radical (unpaired) electrons. The lowest BCUT2D eigenvalue weighted by molar-refractivity contribution is -0.147. The van der Waals surface area contributed by atoms with E-state index in [1.54, 1.807) is 30.3 Å². The summed E-state index contributed by atoms with van der Waals surface area (Å²) in [6, 6.07) is 11.9. The second-order valence-electron chi connectivity index (χ2n) is 5.42. The second-order valence-corrected chi connectivity index (χ2v) is 5.42. The number of carbonyl (C=O) groups excluding carboxylic acids is 2. The van der Waals surface area contributed by atoms with Gasteiger partial charge in [0, 0.05) is 5.56 Å². The van der Waals surface area contributed by atoms with Gasteiger partial charge in [-0.05, 0) is 42.3 Å². The Morgan fingerprint density at radius 2 is 1.81 bits per heavy atom. The standard InChI is InChI=1S/C20H21NO5/c1-3-4-14-7-10-17(18(11-14)24-2)25-13-19(22)26-12-15-5-8-16(9-6-15)20(21)23/h3-11H,12-13H2,1-2H3,(H2,21,23)/b4-3-. The first-order valence-corrected chi connectivity index (χ1v) is 8.01. The van der Waals surface area contributed by atoms with Crippen molar-refractivity contribution in [2.45, 2.75) is 13.5 Å². The van der Waals surface area contributed by atoms with Crippen molar-refractivity contribution in [1.29, 1.82) is 0 Å².